The fourth-order valence-electron chi connectivity index (χ4n) is 0.707. The highest BCUT2D eigenvalue weighted by atomic mass is 35.5. The van der Waals surface area contributed by atoms with E-state index in [0.717, 1.165) is 19.3 Å². The standard InChI is InChI=1S/C5H7ClO2/c6-8-5(7)4-2-1-3-4/h4H,1-3H2. The molecule has 8 heavy (non-hydrogen) atoms. The normalized spacial score (nSPS) is 19.6. The van der Waals surface area contributed by atoms with Crippen LogP contribution in [0.1, 0.15) is 19.3 Å². The molecule has 0 saturated heterocycles. The molecular formula is C5H7ClO2. The minimum Gasteiger partial charge on any atom is -0.347 e. The molecule has 0 unspecified atom stereocenters. The molecule has 0 bridgehead atoms. The molecule has 0 aromatic carbocycles. The van der Waals surface area contributed by atoms with Crippen LogP contribution in [0.3, 0.4) is 0 Å². The van der Waals surface area contributed by atoms with Gasteiger partial charge in [0.05, 0.1) is 5.92 Å². The fraction of sp³-hybridized carbons (Fsp3) is 0.800. The number of carbonyl (C=O) groups is 1. The third-order valence-corrected chi connectivity index (χ3v) is 1.67. The first kappa shape index (κ1) is 5.89. The molecule has 1 saturated carbocycles. The number of hydrogen-bond acceptors (Lipinski definition) is 2. The maximum absolute atomic E-state index is 10.4. The molecule has 1 aliphatic rings. The zero-order chi connectivity index (χ0) is 5.98. The van der Waals surface area contributed by atoms with Crippen molar-refractivity contribution in [2.24, 2.45) is 5.92 Å². The van der Waals surface area contributed by atoms with E-state index < -0.39 is 0 Å². The Labute approximate surface area is 52.9 Å². The summed E-state index contributed by atoms with van der Waals surface area (Å²) in [5.74, 6) is -0.162. The van der Waals surface area contributed by atoms with Crippen molar-refractivity contribution in [3.8, 4) is 0 Å². The van der Waals surface area contributed by atoms with Gasteiger partial charge in [-0.3, -0.25) is 4.79 Å². The predicted octanol–water partition coefficient (Wildman–Crippen LogP) is 1.48. The Hall–Kier alpha value is -0.240. The van der Waals surface area contributed by atoms with Crippen LogP contribution < -0.4 is 0 Å². The molecule has 1 rings (SSSR count). The van der Waals surface area contributed by atoms with Crippen LogP contribution in [0.2, 0.25) is 0 Å². The summed E-state index contributed by atoms with van der Waals surface area (Å²) < 4.78 is 3.99. The first-order chi connectivity index (χ1) is 3.84. The van der Waals surface area contributed by atoms with Gasteiger partial charge >= 0.3 is 5.97 Å². The lowest BCUT2D eigenvalue weighted by Crippen LogP contribution is -2.21. The van der Waals surface area contributed by atoms with E-state index in [9.17, 15) is 4.79 Å². The first-order valence-corrected chi connectivity index (χ1v) is 2.98. The second-order valence-electron chi connectivity index (χ2n) is 2.02. The van der Waals surface area contributed by atoms with Gasteiger partial charge in [-0.15, -0.1) is 0 Å². The van der Waals surface area contributed by atoms with Gasteiger partial charge in [-0.25, -0.2) is 0 Å². The highest BCUT2D eigenvalue weighted by Crippen LogP contribution is 2.27. The molecule has 1 fully saturated rings. The van der Waals surface area contributed by atoms with E-state index in [2.05, 4.69) is 4.29 Å². The Kier molecular flexibility index (Phi) is 1.73. The van der Waals surface area contributed by atoms with Gasteiger partial charge < -0.3 is 4.29 Å². The maximum atomic E-state index is 10.4. The molecule has 0 heterocycles. The van der Waals surface area contributed by atoms with Crippen LogP contribution in [0, 0.1) is 5.92 Å². The molecule has 0 spiro atoms. The maximum Gasteiger partial charge on any atom is 0.327 e. The molecular weight excluding hydrogens is 128 g/mol. The van der Waals surface area contributed by atoms with Crippen LogP contribution in [0.5, 0.6) is 0 Å². The molecule has 3 heteroatoms. The quantitative estimate of drug-likeness (QED) is 0.543. The van der Waals surface area contributed by atoms with Gasteiger partial charge in [-0.1, -0.05) is 6.42 Å². The molecule has 46 valence electrons. The summed E-state index contributed by atoms with van der Waals surface area (Å²) in [5, 5.41) is 0. The Morgan fingerprint density at radius 1 is 1.62 bits per heavy atom. The zero-order valence-corrected chi connectivity index (χ0v) is 5.15. The van der Waals surface area contributed by atoms with Gasteiger partial charge in [0.15, 0.2) is 0 Å². The van der Waals surface area contributed by atoms with Crippen LogP contribution in [-0.4, -0.2) is 5.97 Å². The topological polar surface area (TPSA) is 26.3 Å². The van der Waals surface area contributed by atoms with Crippen molar-refractivity contribution in [3.63, 3.8) is 0 Å². The summed E-state index contributed by atoms with van der Waals surface area (Å²) in [6.07, 6.45) is 3.04. The van der Waals surface area contributed by atoms with E-state index in [-0.39, 0.29) is 11.9 Å². The third-order valence-electron chi connectivity index (χ3n) is 1.51. The Morgan fingerprint density at radius 3 is 2.38 bits per heavy atom. The van der Waals surface area contributed by atoms with Gasteiger partial charge in [0.25, 0.3) is 0 Å². The molecule has 0 aromatic rings. The van der Waals surface area contributed by atoms with E-state index in [0.29, 0.717) is 0 Å². The van der Waals surface area contributed by atoms with Crippen molar-refractivity contribution in [1.29, 1.82) is 0 Å². The van der Waals surface area contributed by atoms with Crippen LogP contribution in [0.4, 0.5) is 0 Å². The summed E-state index contributed by atoms with van der Waals surface area (Å²) >= 11 is 4.81. The zero-order valence-electron chi connectivity index (χ0n) is 4.39. The molecule has 0 radical (unpaired) electrons. The SMILES string of the molecule is O=C(OCl)C1CCC1. The van der Waals surface area contributed by atoms with Gasteiger partial charge in [-0.05, 0) is 12.8 Å². The number of carbonyl (C=O) groups excluding carboxylic acids is 1. The third kappa shape index (κ3) is 0.944. The monoisotopic (exact) mass is 134 g/mol. The first-order valence-electron chi connectivity index (χ1n) is 2.67. The number of halogens is 1. The average Bonchev–Trinajstić information content (AvgIpc) is 1.62. The predicted molar refractivity (Wildman–Crippen MR) is 29.3 cm³/mol. The van der Waals surface area contributed by atoms with E-state index in [1.807, 2.05) is 0 Å². The number of hydrogen-bond donors (Lipinski definition) is 0. The largest absolute Gasteiger partial charge is 0.347 e. The van der Waals surface area contributed by atoms with Crippen LogP contribution in [0.25, 0.3) is 0 Å². The van der Waals surface area contributed by atoms with Gasteiger partial charge in [-0.2, -0.15) is 0 Å². The Balaban J connectivity index is 2.24. The Morgan fingerprint density at radius 2 is 2.25 bits per heavy atom. The lowest BCUT2D eigenvalue weighted by atomic mass is 9.86. The number of rotatable bonds is 1. The van der Waals surface area contributed by atoms with Crippen molar-refractivity contribution in [2.75, 3.05) is 0 Å². The second-order valence-corrected chi connectivity index (χ2v) is 2.18. The highest BCUT2D eigenvalue weighted by Gasteiger charge is 2.26. The van der Waals surface area contributed by atoms with Gasteiger partial charge in [0.1, 0.15) is 11.9 Å². The smallest absolute Gasteiger partial charge is 0.327 e. The summed E-state index contributed by atoms with van der Waals surface area (Å²) in [5.41, 5.74) is 0. The van der Waals surface area contributed by atoms with Gasteiger partial charge in [0.2, 0.25) is 0 Å². The molecule has 0 amide bonds. The lowest BCUT2D eigenvalue weighted by Gasteiger charge is -2.20. The van der Waals surface area contributed by atoms with Crippen molar-refractivity contribution in [3.05, 3.63) is 0 Å². The van der Waals surface area contributed by atoms with E-state index in [1.54, 1.807) is 0 Å². The second kappa shape index (κ2) is 2.35. The lowest BCUT2D eigenvalue weighted by molar-refractivity contribution is -0.141. The Bertz CT molecular complexity index is 98.6. The van der Waals surface area contributed by atoms with E-state index in [4.69, 9.17) is 11.9 Å². The van der Waals surface area contributed by atoms with E-state index in [1.165, 1.54) is 0 Å². The van der Waals surface area contributed by atoms with Gasteiger partial charge in [0, 0.05) is 0 Å². The summed E-state index contributed by atoms with van der Waals surface area (Å²) in [7, 11) is 0. The summed E-state index contributed by atoms with van der Waals surface area (Å²) in [6.45, 7) is 0. The molecule has 1 aliphatic carbocycles. The molecule has 0 atom stereocenters. The van der Waals surface area contributed by atoms with Crippen molar-refractivity contribution in [2.45, 2.75) is 19.3 Å². The minimum absolute atomic E-state index is 0.104. The molecule has 0 aromatic heterocycles. The molecule has 0 aliphatic heterocycles. The van der Waals surface area contributed by atoms with Crippen molar-refractivity contribution < 1.29 is 9.08 Å². The molecule has 2 nitrogen and oxygen atoms in total. The summed E-state index contributed by atoms with van der Waals surface area (Å²) in [4.78, 5) is 10.4. The molecule has 0 N–H and O–H groups in total. The van der Waals surface area contributed by atoms with Crippen molar-refractivity contribution in [1.82, 2.24) is 0 Å². The average molecular weight is 135 g/mol. The van der Waals surface area contributed by atoms with E-state index >= 15 is 0 Å². The van der Waals surface area contributed by atoms with Crippen LogP contribution in [0.15, 0.2) is 0 Å². The summed E-state index contributed by atoms with van der Waals surface area (Å²) in [6, 6.07) is 0. The van der Waals surface area contributed by atoms with Crippen molar-refractivity contribution >= 4 is 17.8 Å². The fourth-order valence-corrected chi connectivity index (χ4v) is 0.833. The highest BCUT2D eigenvalue weighted by molar-refractivity contribution is 6.13. The van der Waals surface area contributed by atoms with Crippen LogP contribution in [-0.2, 0) is 9.08 Å². The minimum atomic E-state index is -0.266. The van der Waals surface area contributed by atoms with Crippen LogP contribution >= 0.6 is 11.9 Å².